The van der Waals surface area contributed by atoms with Crippen molar-refractivity contribution in [2.75, 3.05) is 6.54 Å². The monoisotopic (exact) mass is 326 g/mol. The molecule has 0 aliphatic carbocycles. The van der Waals surface area contributed by atoms with E-state index in [0.29, 0.717) is 13.0 Å². The second kappa shape index (κ2) is 5.97. The average Bonchev–Trinajstić information content (AvgIpc) is 2.81. The predicted octanol–water partition coefficient (Wildman–Crippen LogP) is 2.58. The van der Waals surface area contributed by atoms with Gasteiger partial charge in [0.05, 0.1) is 16.8 Å². The molecule has 2 N–H and O–H groups in total. The molecule has 94 valence electrons. The fourth-order valence-corrected chi connectivity index (χ4v) is 2.40. The summed E-state index contributed by atoms with van der Waals surface area (Å²) in [5.74, 6) is -0.314. The molecule has 1 heterocycles. The number of benzene rings is 1. The Bertz CT molecular complexity index is 543. The van der Waals surface area contributed by atoms with Crippen molar-refractivity contribution >= 4 is 33.2 Å². The van der Waals surface area contributed by atoms with E-state index in [-0.39, 0.29) is 17.2 Å². The Labute approximate surface area is 117 Å². The number of thiazole rings is 1. The summed E-state index contributed by atoms with van der Waals surface area (Å²) in [5, 5.41) is 14.3. The normalized spacial score (nSPS) is 10.3. The van der Waals surface area contributed by atoms with E-state index in [0.717, 1.165) is 10.2 Å². The first-order valence-corrected chi connectivity index (χ1v) is 7.04. The number of halogens is 1. The van der Waals surface area contributed by atoms with Gasteiger partial charge in [-0.2, -0.15) is 0 Å². The maximum Gasteiger partial charge on any atom is 0.255 e. The van der Waals surface area contributed by atoms with Gasteiger partial charge in [0.25, 0.3) is 5.91 Å². The minimum Gasteiger partial charge on any atom is -0.507 e. The molecule has 0 bridgehead atoms. The summed E-state index contributed by atoms with van der Waals surface area (Å²) < 4.78 is 0.735. The van der Waals surface area contributed by atoms with Crippen molar-refractivity contribution in [3.8, 4) is 5.75 Å². The quantitative estimate of drug-likeness (QED) is 0.907. The summed E-state index contributed by atoms with van der Waals surface area (Å²) in [5.41, 5.74) is 2.99. The fourth-order valence-electron chi connectivity index (χ4n) is 1.46. The molecule has 0 radical (unpaired) electrons. The zero-order chi connectivity index (χ0) is 13.0. The molecule has 18 heavy (non-hydrogen) atoms. The van der Waals surface area contributed by atoms with Crippen molar-refractivity contribution in [1.82, 2.24) is 10.3 Å². The Balaban J connectivity index is 1.91. The van der Waals surface area contributed by atoms with Crippen LogP contribution in [0.2, 0.25) is 0 Å². The van der Waals surface area contributed by atoms with Crippen molar-refractivity contribution < 1.29 is 9.90 Å². The number of nitrogens with zero attached hydrogens (tertiary/aromatic N) is 1. The zero-order valence-corrected chi connectivity index (χ0v) is 11.8. The molecule has 1 aromatic heterocycles. The van der Waals surface area contributed by atoms with Crippen LogP contribution in [0, 0.1) is 0 Å². The Morgan fingerprint density at radius 3 is 3.00 bits per heavy atom. The van der Waals surface area contributed by atoms with Crippen LogP contribution in [-0.2, 0) is 6.42 Å². The Morgan fingerprint density at radius 2 is 2.33 bits per heavy atom. The molecule has 2 rings (SSSR count). The van der Waals surface area contributed by atoms with Crippen molar-refractivity contribution in [2.24, 2.45) is 0 Å². The highest BCUT2D eigenvalue weighted by Gasteiger charge is 2.10. The summed E-state index contributed by atoms with van der Waals surface area (Å²) in [4.78, 5) is 15.9. The lowest BCUT2D eigenvalue weighted by Crippen LogP contribution is -2.25. The van der Waals surface area contributed by atoms with Crippen LogP contribution in [-0.4, -0.2) is 22.5 Å². The van der Waals surface area contributed by atoms with Gasteiger partial charge in [0, 0.05) is 22.8 Å². The first kappa shape index (κ1) is 13.0. The summed E-state index contributed by atoms with van der Waals surface area (Å²) in [7, 11) is 0. The SMILES string of the molecule is O=C(NCCc1cscn1)c1ccc(Br)cc1O. The number of phenols is 1. The largest absolute Gasteiger partial charge is 0.507 e. The second-order valence-corrected chi connectivity index (χ2v) is 5.28. The van der Waals surface area contributed by atoms with E-state index < -0.39 is 0 Å². The lowest BCUT2D eigenvalue weighted by molar-refractivity contribution is 0.0951. The Hall–Kier alpha value is -1.40. The highest BCUT2D eigenvalue weighted by molar-refractivity contribution is 9.10. The van der Waals surface area contributed by atoms with Gasteiger partial charge in [-0.25, -0.2) is 4.98 Å². The summed E-state index contributed by atoms with van der Waals surface area (Å²) in [6.07, 6.45) is 0.687. The van der Waals surface area contributed by atoms with Crippen molar-refractivity contribution in [3.63, 3.8) is 0 Å². The molecule has 2 aromatic rings. The number of nitrogens with one attached hydrogen (secondary N) is 1. The van der Waals surface area contributed by atoms with Crippen LogP contribution in [0.15, 0.2) is 33.6 Å². The van der Waals surface area contributed by atoms with E-state index in [9.17, 15) is 9.90 Å². The third-order valence-corrected chi connectivity index (χ3v) is 3.48. The molecular weight excluding hydrogens is 316 g/mol. The van der Waals surface area contributed by atoms with Gasteiger partial charge in [0.15, 0.2) is 0 Å². The van der Waals surface area contributed by atoms with Gasteiger partial charge in [-0.3, -0.25) is 4.79 Å². The van der Waals surface area contributed by atoms with Crippen LogP contribution in [0.25, 0.3) is 0 Å². The van der Waals surface area contributed by atoms with Gasteiger partial charge in [0.2, 0.25) is 0 Å². The molecule has 1 aromatic carbocycles. The lowest BCUT2D eigenvalue weighted by atomic mass is 10.2. The molecule has 0 spiro atoms. The number of hydrogen-bond donors (Lipinski definition) is 2. The van der Waals surface area contributed by atoms with Crippen LogP contribution < -0.4 is 5.32 Å². The minimum absolute atomic E-state index is 0.0319. The summed E-state index contributed by atoms with van der Waals surface area (Å²) >= 11 is 4.76. The second-order valence-electron chi connectivity index (χ2n) is 3.65. The highest BCUT2D eigenvalue weighted by atomic mass is 79.9. The van der Waals surface area contributed by atoms with E-state index >= 15 is 0 Å². The van der Waals surface area contributed by atoms with Gasteiger partial charge >= 0.3 is 0 Å². The van der Waals surface area contributed by atoms with Crippen LogP contribution in [0.1, 0.15) is 16.1 Å². The van der Waals surface area contributed by atoms with E-state index in [2.05, 4.69) is 26.2 Å². The van der Waals surface area contributed by atoms with E-state index in [1.165, 1.54) is 17.4 Å². The molecule has 0 atom stereocenters. The smallest absolute Gasteiger partial charge is 0.255 e. The van der Waals surface area contributed by atoms with E-state index in [1.54, 1.807) is 17.6 Å². The molecular formula is C12H11BrN2O2S. The fraction of sp³-hybridized carbons (Fsp3) is 0.167. The number of rotatable bonds is 4. The predicted molar refractivity (Wildman–Crippen MR) is 74.0 cm³/mol. The number of carbonyl (C=O) groups excluding carboxylic acids is 1. The number of aromatic hydroxyl groups is 1. The number of carbonyl (C=O) groups is 1. The summed E-state index contributed by atoms with van der Waals surface area (Å²) in [6.45, 7) is 0.498. The van der Waals surface area contributed by atoms with Crippen molar-refractivity contribution in [1.29, 1.82) is 0 Å². The van der Waals surface area contributed by atoms with Gasteiger partial charge in [-0.05, 0) is 18.2 Å². The van der Waals surface area contributed by atoms with Crippen LogP contribution in [0.4, 0.5) is 0 Å². The summed E-state index contributed by atoms with van der Waals surface area (Å²) in [6, 6.07) is 4.79. The zero-order valence-electron chi connectivity index (χ0n) is 9.39. The van der Waals surface area contributed by atoms with Gasteiger partial charge in [-0.15, -0.1) is 11.3 Å². The third kappa shape index (κ3) is 3.30. The molecule has 4 nitrogen and oxygen atoms in total. The third-order valence-electron chi connectivity index (χ3n) is 2.35. The Kier molecular flexibility index (Phi) is 4.33. The van der Waals surface area contributed by atoms with Gasteiger partial charge < -0.3 is 10.4 Å². The Morgan fingerprint density at radius 1 is 1.50 bits per heavy atom. The van der Waals surface area contributed by atoms with Gasteiger partial charge in [0.1, 0.15) is 5.75 Å². The van der Waals surface area contributed by atoms with Crippen molar-refractivity contribution in [3.05, 3.63) is 44.8 Å². The lowest BCUT2D eigenvalue weighted by Gasteiger charge is -2.06. The first-order valence-electron chi connectivity index (χ1n) is 5.30. The number of hydrogen-bond acceptors (Lipinski definition) is 4. The standard InChI is InChI=1S/C12H11BrN2O2S/c13-8-1-2-10(11(16)5-8)12(17)14-4-3-9-6-18-7-15-9/h1-2,5-7,16H,3-4H2,(H,14,17). The highest BCUT2D eigenvalue weighted by Crippen LogP contribution is 2.21. The molecule has 6 heteroatoms. The molecule has 0 saturated heterocycles. The average molecular weight is 327 g/mol. The van der Waals surface area contributed by atoms with Crippen molar-refractivity contribution in [2.45, 2.75) is 6.42 Å². The molecule has 1 amide bonds. The first-order chi connectivity index (χ1) is 8.66. The minimum atomic E-state index is -0.282. The van der Waals surface area contributed by atoms with Crippen LogP contribution in [0.3, 0.4) is 0 Å². The maximum absolute atomic E-state index is 11.8. The topological polar surface area (TPSA) is 62.2 Å². The molecule has 0 aliphatic rings. The molecule has 0 unspecified atom stereocenters. The maximum atomic E-state index is 11.8. The van der Waals surface area contributed by atoms with Gasteiger partial charge in [-0.1, -0.05) is 15.9 Å². The number of phenolic OH excluding ortho intramolecular Hbond substituents is 1. The van der Waals surface area contributed by atoms with Crippen LogP contribution in [0.5, 0.6) is 5.75 Å². The van der Waals surface area contributed by atoms with E-state index in [4.69, 9.17) is 0 Å². The number of aromatic nitrogens is 1. The molecule has 0 fully saturated rings. The molecule has 0 aliphatic heterocycles. The van der Waals surface area contributed by atoms with Crippen LogP contribution >= 0.6 is 27.3 Å². The number of amides is 1. The molecule has 0 saturated carbocycles. The van der Waals surface area contributed by atoms with E-state index in [1.807, 2.05) is 5.38 Å².